The topological polar surface area (TPSA) is 68.1 Å². The highest BCUT2D eigenvalue weighted by Crippen LogP contribution is 2.30. The Labute approximate surface area is 133 Å². The van der Waals surface area contributed by atoms with Crippen LogP contribution >= 0.6 is 23.4 Å². The molecule has 2 aliphatic rings. The van der Waals surface area contributed by atoms with Gasteiger partial charge in [-0.3, -0.25) is 0 Å². The van der Waals surface area contributed by atoms with E-state index in [1.807, 2.05) is 11.8 Å². The predicted molar refractivity (Wildman–Crippen MR) is 86.4 cm³/mol. The molecule has 21 heavy (non-hydrogen) atoms. The van der Waals surface area contributed by atoms with Crippen molar-refractivity contribution < 1.29 is 0 Å². The van der Waals surface area contributed by atoms with Gasteiger partial charge in [0, 0.05) is 50.8 Å². The Hall–Kier alpha value is -1.23. The molecule has 0 saturated carbocycles. The van der Waals surface area contributed by atoms with Crippen LogP contribution in [0.15, 0.2) is 0 Å². The zero-order valence-corrected chi connectivity index (χ0v) is 13.3. The van der Waals surface area contributed by atoms with Crippen molar-refractivity contribution >= 4 is 35.1 Å². The van der Waals surface area contributed by atoms with Crippen molar-refractivity contribution in [3.63, 3.8) is 0 Å². The molecule has 0 spiro atoms. The molecule has 0 radical (unpaired) electrons. The van der Waals surface area contributed by atoms with Crippen LogP contribution in [0.2, 0.25) is 5.02 Å². The normalized spacial score (nSPS) is 19.4. The van der Waals surface area contributed by atoms with E-state index < -0.39 is 0 Å². The van der Waals surface area contributed by atoms with Gasteiger partial charge in [-0.15, -0.1) is 0 Å². The first-order valence-electron chi connectivity index (χ1n) is 7.05. The molecule has 1 aromatic rings. The number of nitrogens with zero attached hydrogens (tertiary/aromatic N) is 5. The molecule has 0 amide bonds. The van der Waals surface area contributed by atoms with Crippen molar-refractivity contribution in [3.05, 3.63) is 10.7 Å². The van der Waals surface area contributed by atoms with Crippen LogP contribution in [0.4, 0.5) is 11.8 Å². The second-order valence-electron chi connectivity index (χ2n) is 4.96. The number of piperazine rings is 1. The Bertz CT molecular complexity index is 548. The second-order valence-corrected chi connectivity index (χ2v) is 6.56. The molecular formula is C13H17ClN6S. The van der Waals surface area contributed by atoms with Crippen molar-refractivity contribution in [3.8, 4) is 6.07 Å². The van der Waals surface area contributed by atoms with Gasteiger partial charge in [0.2, 0.25) is 5.95 Å². The summed E-state index contributed by atoms with van der Waals surface area (Å²) in [6.45, 7) is 5.33. The summed E-state index contributed by atoms with van der Waals surface area (Å²) in [6.07, 6.45) is 0. The van der Waals surface area contributed by atoms with Crippen molar-refractivity contribution in [1.82, 2.24) is 15.3 Å². The third-order valence-corrected chi connectivity index (χ3v) is 4.93. The predicted octanol–water partition coefficient (Wildman–Crippen LogP) is 0.964. The third kappa shape index (κ3) is 3.18. The highest BCUT2D eigenvalue weighted by atomic mass is 35.5. The summed E-state index contributed by atoms with van der Waals surface area (Å²) in [5, 5.41) is 13.0. The van der Waals surface area contributed by atoms with E-state index in [1.54, 1.807) is 0 Å². The van der Waals surface area contributed by atoms with E-state index in [9.17, 15) is 5.26 Å². The van der Waals surface area contributed by atoms with Gasteiger partial charge in [-0.05, 0) is 0 Å². The fourth-order valence-corrected chi connectivity index (χ4v) is 3.64. The van der Waals surface area contributed by atoms with Gasteiger partial charge in [-0.2, -0.15) is 22.0 Å². The van der Waals surface area contributed by atoms with Crippen LogP contribution in [-0.4, -0.2) is 60.7 Å². The Morgan fingerprint density at radius 3 is 2.48 bits per heavy atom. The number of anilines is 2. The number of halogens is 1. The number of hydrogen-bond acceptors (Lipinski definition) is 7. The minimum atomic E-state index is 0.272. The van der Waals surface area contributed by atoms with E-state index in [0.29, 0.717) is 16.8 Å². The molecule has 2 saturated heterocycles. The fourth-order valence-electron chi connectivity index (χ4n) is 2.49. The molecule has 1 aromatic heterocycles. The van der Waals surface area contributed by atoms with Crippen molar-refractivity contribution in [2.75, 3.05) is 60.6 Å². The Morgan fingerprint density at radius 2 is 1.81 bits per heavy atom. The second kappa shape index (κ2) is 6.69. The van der Waals surface area contributed by atoms with Crippen molar-refractivity contribution in [2.45, 2.75) is 0 Å². The third-order valence-electron chi connectivity index (χ3n) is 3.64. The van der Waals surface area contributed by atoms with Crippen LogP contribution in [0.25, 0.3) is 0 Å². The fraction of sp³-hybridized carbons (Fsp3) is 0.615. The van der Waals surface area contributed by atoms with Crippen LogP contribution in [0.1, 0.15) is 5.69 Å². The van der Waals surface area contributed by atoms with Crippen LogP contribution in [0.5, 0.6) is 0 Å². The summed E-state index contributed by atoms with van der Waals surface area (Å²) in [4.78, 5) is 13.2. The van der Waals surface area contributed by atoms with E-state index in [4.69, 9.17) is 11.6 Å². The Kier molecular flexibility index (Phi) is 4.68. The van der Waals surface area contributed by atoms with Crippen LogP contribution in [0.3, 0.4) is 0 Å². The molecule has 0 aliphatic carbocycles. The molecule has 0 unspecified atom stereocenters. The van der Waals surface area contributed by atoms with Gasteiger partial charge in [0.1, 0.15) is 11.1 Å². The lowest BCUT2D eigenvalue weighted by Gasteiger charge is -2.31. The maximum atomic E-state index is 9.29. The smallest absolute Gasteiger partial charge is 0.228 e. The first-order valence-corrected chi connectivity index (χ1v) is 8.59. The van der Waals surface area contributed by atoms with Crippen molar-refractivity contribution in [1.29, 1.82) is 5.26 Å². The van der Waals surface area contributed by atoms with Crippen LogP contribution in [0, 0.1) is 11.3 Å². The zero-order chi connectivity index (χ0) is 14.7. The molecule has 6 nitrogen and oxygen atoms in total. The maximum absolute atomic E-state index is 9.29. The Balaban J connectivity index is 1.95. The lowest BCUT2D eigenvalue weighted by Crippen LogP contribution is -2.44. The van der Waals surface area contributed by atoms with Gasteiger partial charge in [0.15, 0.2) is 11.5 Å². The largest absolute Gasteiger partial charge is 0.354 e. The molecular weight excluding hydrogens is 308 g/mol. The van der Waals surface area contributed by atoms with Gasteiger partial charge in [-0.1, -0.05) is 11.6 Å². The molecule has 3 rings (SSSR count). The van der Waals surface area contributed by atoms with Gasteiger partial charge in [-0.25, -0.2) is 4.98 Å². The number of rotatable bonds is 2. The molecule has 0 aromatic carbocycles. The average Bonchev–Trinajstić information content (AvgIpc) is 2.56. The van der Waals surface area contributed by atoms with E-state index in [-0.39, 0.29) is 5.69 Å². The van der Waals surface area contributed by atoms with E-state index in [0.717, 1.165) is 50.8 Å². The highest BCUT2D eigenvalue weighted by molar-refractivity contribution is 7.99. The molecule has 112 valence electrons. The quantitative estimate of drug-likeness (QED) is 0.869. The Morgan fingerprint density at radius 1 is 1.10 bits per heavy atom. The van der Waals surface area contributed by atoms with E-state index in [1.165, 1.54) is 0 Å². The summed E-state index contributed by atoms with van der Waals surface area (Å²) in [7, 11) is 0. The number of nitrogens with one attached hydrogen (secondary N) is 1. The summed E-state index contributed by atoms with van der Waals surface area (Å²) >= 11 is 8.26. The first-order chi connectivity index (χ1) is 10.3. The monoisotopic (exact) mass is 324 g/mol. The van der Waals surface area contributed by atoms with Gasteiger partial charge in [0.05, 0.1) is 0 Å². The summed E-state index contributed by atoms with van der Waals surface area (Å²) in [5.74, 6) is 3.44. The summed E-state index contributed by atoms with van der Waals surface area (Å²) < 4.78 is 0. The molecule has 0 atom stereocenters. The molecule has 3 heterocycles. The average molecular weight is 325 g/mol. The number of thioether (sulfide) groups is 1. The van der Waals surface area contributed by atoms with Crippen molar-refractivity contribution in [2.24, 2.45) is 0 Å². The van der Waals surface area contributed by atoms with Crippen LogP contribution in [-0.2, 0) is 0 Å². The van der Waals surface area contributed by atoms with Gasteiger partial charge in [0.25, 0.3) is 0 Å². The molecule has 2 fully saturated rings. The first kappa shape index (κ1) is 14.7. The highest BCUT2D eigenvalue weighted by Gasteiger charge is 2.23. The van der Waals surface area contributed by atoms with E-state index >= 15 is 0 Å². The molecule has 8 heteroatoms. The number of hydrogen-bond donors (Lipinski definition) is 1. The standard InChI is InChI=1S/C13H17ClN6S/c14-11-10(9-15)17-13(20-3-1-16-2-4-20)18-12(11)19-5-7-21-8-6-19/h16H,1-8H2. The maximum Gasteiger partial charge on any atom is 0.228 e. The summed E-state index contributed by atoms with van der Waals surface area (Å²) in [5.41, 5.74) is 0.272. The lowest BCUT2D eigenvalue weighted by atomic mass is 10.3. The molecule has 0 bridgehead atoms. The minimum Gasteiger partial charge on any atom is -0.354 e. The number of nitriles is 1. The van der Waals surface area contributed by atoms with E-state index in [2.05, 4.69) is 31.2 Å². The minimum absolute atomic E-state index is 0.272. The van der Waals surface area contributed by atoms with Crippen LogP contribution < -0.4 is 15.1 Å². The van der Waals surface area contributed by atoms with Gasteiger partial charge < -0.3 is 15.1 Å². The van der Waals surface area contributed by atoms with Gasteiger partial charge >= 0.3 is 0 Å². The number of aromatic nitrogens is 2. The SMILES string of the molecule is N#Cc1nc(N2CCNCC2)nc(N2CCSCC2)c1Cl. The molecule has 1 N–H and O–H groups in total. The zero-order valence-electron chi connectivity index (χ0n) is 11.7. The molecule has 2 aliphatic heterocycles. The summed E-state index contributed by atoms with van der Waals surface area (Å²) in [6, 6.07) is 2.10. The lowest BCUT2D eigenvalue weighted by molar-refractivity contribution is 0.579.